The minimum absolute atomic E-state index is 0.0185. The first-order valence-corrected chi connectivity index (χ1v) is 11.4. The van der Waals surface area contributed by atoms with Crippen molar-refractivity contribution in [2.75, 3.05) is 19.6 Å². The molecule has 2 aliphatic heterocycles. The predicted molar refractivity (Wildman–Crippen MR) is 119 cm³/mol. The normalized spacial score (nSPS) is 18.6. The van der Waals surface area contributed by atoms with E-state index in [1.165, 1.54) is 17.4 Å². The molecule has 1 saturated heterocycles. The lowest BCUT2D eigenvalue weighted by molar-refractivity contribution is -0.187. The van der Waals surface area contributed by atoms with Gasteiger partial charge in [0.05, 0.1) is 24.0 Å². The van der Waals surface area contributed by atoms with E-state index in [0.29, 0.717) is 54.0 Å². The van der Waals surface area contributed by atoms with Crippen molar-refractivity contribution >= 4 is 23.0 Å². The number of amides is 2. The lowest BCUT2D eigenvalue weighted by Crippen LogP contribution is -2.56. The third-order valence-electron chi connectivity index (χ3n) is 6.79. The summed E-state index contributed by atoms with van der Waals surface area (Å²) in [6.45, 7) is 1.61. The first-order chi connectivity index (χ1) is 16.7. The van der Waals surface area contributed by atoms with E-state index in [2.05, 4.69) is 15.0 Å². The molecule has 1 N–H and O–H groups in total. The molecule has 0 radical (unpaired) electrons. The van der Waals surface area contributed by atoms with Crippen molar-refractivity contribution in [1.82, 2.24) is 24.8 Å². The van der Waals surface area contributed by atoms with E-state index in [9.17, 15) is 22.8 Å². The van der Waals surface area contributed by atoms with E-state index in [1.807, 2.05) is 0 Å². The molecule has 35 heavy (non-hydrogen) atoms. The molecule has 11 heteroatoms. The SMILES string of the molecule is CC(C(=O)N1Cc2ccccc2OC2(CCN(C(=O)c3cnc4nc[nH]c4c3)CC2)C1)C(F)(F)F. The predicted octanol–water partition coefficient (Wildman–Crippen LogP) is 3.55. The standard InChI is InChI=1S/C24H24F3N5O3/c1-15(24(25,26)27)21(33)32-12-16-4-2-3-5-19(16)35-23(13-32)6-8-31(9-7-23)22(34)17-10-18-20(28-11-17)30-14-29-18/h2-5,10-11,14-15H,6-9,12-13H2,1H3,(H,28,29,30). The number of imidazole rings is 1. The summed E-state index contributed by atoms with van der Waals surface area (Å²) in [6.07, 6.45) is -0.901. The molecule has 3 aromatic rings. The van der Waals surface area contributed by atoms with Crippen LogP contribution in [0.2, 0.25) is 0 Å². The number of para-hydroxylation sites is 1. The van der Waals surface area contributed by atoms with Gasteiger partial charge in [-0.15, -0.1) is 0 Å². The van der Waals surface area contributed by atoms with Crippen molar-refractivity contribution in [3.63, 3.8) is 0 Å². The van der Waals surface area contributed by atoms with Crippen LogP contribution in [0.4, 0.5) is 13.2 Å². The zero-order valence-corrected chi connectivity index (χ0v) is 19.0. The second kappa shape index (κ2) is 8.54. The molecule has 8 nitrogen and oxygen atoms in total. The molecule has 2 aromatic heterocycles. The van der Waals surface area contributed by atoms with E-state index >= 15 is 0 Å². The lowest BCUT2D eigenvalue weighted by Gasteiger charge is -2.43. The molecule has 1 atom stereocenters. The molecule has 0 aliphatic carbocycles. The number of aromatic amines is 1. The van der Waals surface area contributed by atoms with Crippen LogP contribution in [0, 0.1) is 5.92 Å². The van der Waals surface area contributed by atoms with E-state index < -0.39 is 23.6 Å². The van der Waals surface area contributed by atoms with Gasteiger partial charge in [-0.25, -0.2) is 9.97 Å². The van der Waals surface area contributed by atoms with E-state index in [1.54, 1.807) is 35.2 Å². The van der Waals surface area contributed by atoms with Crippen LogP contribution in [0.25, 0.3) is 11.2 Å². The number of carbonyl (C=O) groups is 2. The van der Waals surface area contributed by atoms with Crippen molar-refractivity contribution in [2.24, 2.45) is 5.92 Å². The Balaban J connectivity index is 1.37. The monoisotopic (exact) mass is 487 g/mol. The van der Waals surface area contributed by atoms with Gasteiger partial charge in [0, 0.05) is 44.2 Å². The number of rotatable bonds is 2. The quantitative estimate of drug-likeness (QED) is 0.597. The zero-order chi connectivity index (χ0) is 24.8. The molecule has 2 aliphatic rings. The van der Waals surface area contributed by atoms with Gasteiger partial charge in [-0.3, -0.25) is 9.59 Å². The molecule has 0 bridgehead atoms. The molecule has 1 spiro atoms. The van der Waals surface area contributed by atoms with Crippen LogP contribution in [-0.4, -0.2) is 68.0 Å². The third kappa shape index (κ3) is 4.42. The number of nitrogens with zero attached hydrogens (tertiary/aromatic N) is 4. The largest absolute Gasteiger partial charge is 0.485 e. The first kappa shape index (κ1) is 23.1. The van der Waals surface area contributed by atoms with Crippen molar-refractivity contribution in [3.05, 3.63) is 54.0 Å². The van der Waals surface area contributed by atoms with Crippen molar-refractivity contribution in [2.45, 2.75) is 38.1 Å². The molecule has 1 aromatic carbocycles. The van der Waals surface area contributed by atoms with Gasteiger partial charge in [-0.05, 0) is 19.1 Å². The minimum Gasteiger partial charge on any atom is -0.485 e. The summed E-state index contributed by atoms with van der Waals surface area (Å²) in [4.78, 5) is 40.0. The van der Waals surface area contributed by atoms with Crippen molar-refractivity contribution in [3.8, 4) is 5.75 Å². The molecular formula is C24H24F3N5O3. The smallest absolute Gasteiger partial charge is 0.400 e. The second-order valence-corrected chi connectivity index (χ2v) is 9.14. The first-order valence-electron chi connectivity index (χ1n) is 11.4. The maximum Gasteiger partial charge on any atom is 0.400 e. The number of pyridine rings is 1. The fraction of sp³-hybridized carbons (Fsp3) is 0.417. The Morgan fingerprint density at radius 3 is 2.63 bits per heavy atom. The molecule has 4 heterocycles. The summed E-state index contributed by atoms with van der Waals surface area (Å²) in [5.41, 5.74) is 1.35. The number of carbonyl (C=O) groups excluding carboxylic acids is 2. The number of H-pyrrole nitrogens is 1. The highest BCUT2D eigenvalue weighted by Gasteiger charge is 2.47. The number of piperidine rings is 1. The number of fused-ring (bicyclic) bond motifs is 2. The van der Waals surface area contributed by atoms with Crippen LogP contribution in [0.5, 0.6) is 5.75 Å². The van der Waals surface area contributed by atoms with Crippen molar-refractivity contribution in [1.29, 1.82) is 0 Å². The van der Waals surface area contributed by atoms with Crippen LogP contribution in [0.15, 0.2) is 42.9 Å². The average molecular weight is 487 g/mol. The summed E-state index contributed by atoms with van der Waals surface area (Å²) in [6, 6.07) is 8.77. The molecule has 1 fully saturated rings. The Labute approximate surface area is 199 Å². The second-order valence-electron chi connectivity index (χ2n) is 9.14. The van der Waals surface area contributed by atoms with Crippen LogP contribution in [0.1, 0.15) is 35.7 Å². The molecule has 2 amide bonds. The van der Waals surface area contributed by atoms with Crippen LogP contribution >= 0.6 is 0 Å². The van der Waals surface area contributed by atoms with Crippen LogP contribution in [-0.2, 0) is 11.3 Å². The van der Waals surface area contributed by atoms with Crippen LogP contribution in [0.3, 0.4) is 0 Å². The fourth-order valence-electron chi connectivity index (χ4n) is 4.69. The maximum atomic E-state index is 13.3. The van der Waals surface area contributed by atoms with Gasteiger partial charge in [-0.1, -0.05) is 18.2 Å². The van der Waals surface area contributed by atoms with Gasteiger partial charge in [0.15, 0.2) is 5.65 Å². The Kier molecular flexibility index (Phi) is 5.65. The Hall–Kier alpha value is -3.63. The average Bonchev–Trinajstić information content (AvgIpc) is 3.25. The Bertz CT molecular complexity index is 1270. The number of aromatic nitrogens is 3. The van der Waals surface area contributed by atoms with E-state index in [-0.39, 0.29) is 19.0 Å². The number of hydrogen-bond donors (Lipinski definition) is 1. The van der Waals surface area contributed by atoms with Gasteiger partial charge in [0.1, 0.15) is 17.3 Å². The minimum atomic E-state index is -4.63. The number of halogens is 3. The number of benzene rings is 1. The lowest BCUT2D eigenvalue weighted by atomic mass is 9.89. The number of ether oxygens (including phenoxy) is 1. The summed E-state index contributed by atoms with van der Waals surface area (Å²) < 4.78 is 46.4. The maximum absolute atomic E-state index is 13.3. The third-order valence-corrected chi connectivity index (χ3v) is 6.79. The topological polar surface area (TPSA) is 91.4 Å². The van der Waals surface area contributed by atoms with Crippen molar-refractivity contribution < 1.29 is 27.5 Å². The van der Waals surface area contributed by atoms with Gasteiger partial charge >= 0.3 is 6.18 Å². The molecule has 1 unspecified atom stereocenters. The van der Waals surface area contributed by atoms with Gasteiger partial charge < -0.3 is 19.5 Å². The summed E-state index contributed by atoms with van der Waals surface area (Å²) >= 11 is 0. The Morgan fingerprint density at radius 2 is 1.89 bits per heavy atom. The van der Waals surface area contributed by atoms with E-state index in [0.717, 1.165) is 6.92 Å². The van der Waals surface area contributed by atoms with Gasteiger partial charge in [0.2, 0.25) is 5.91 Å². The van der Waals surface area contributed by atoms with Crippen LogP contribution < -0.4 is 4.74 Å². The molecule has 184 valence electrons. The van der Waals surface area contributed by atoms with E-state index in [4.69, 9.17) is 4.74 Å². The summed E-state index contributed by atoms with van der Waals surface area (Å²) in [5, 5.41) is 0. The Morgan fingerprint density at radius 1 is 1.14 bits per heavy atom. The zero-order valence-electron chi connectivity index (χ0n) is 19.0. The molecule has 0 saturated carbocycles. The number of nitrogens with one attached hydrogen (secondary N) is 1. The number of likely N-dealkylation sites (tertiary alicyclic amines) is 1. The summed E-state index contributed by atoms with van der Waals surface area (Å²) in [7, 11) is 0. The molecule has 5 rings (SSSR count). The number of alkyl halides is 3. The van der Waals surface area contributed by atoms with Gasteiger partial charge in [0.25, 0.3) is 5.91 Å². The highest BCUT2D eigenvalue weighted by Crippen LogP contribution is 2.37. The fourth-order valence-corrected chi connectivity index (χ4v) is 4.69. The summed E-state index contributed by atoms with van der Waals surface area (Å²) in [5.74, 6) is -2.74. The van der Waals surface area contributed by atoms with Gasteiger partial charge in [-0.2, -0.15) is 13.2 Å². The molecular weight excluding hydrogens is 463 g/mol. The highest BCUT2D eigenvalue weighted by molar-refractivity contribution is 5.96. The highest BCUT2D eigenvalue weighted by atomic mass is 19.4. The number of hydrogen-bond acceptors (Lipinski definition) is 5.